The van der Waals surface area contributed by atoms with Crippen molar-refractivity contribution in [1.29, 1.82) is 0 Å². The second kappa shape index (κ2) is 8.97. The van der Waals surface area contributed by atoms with Gasteiger partial charge in [0.15, 0.2) is 0 Å². The molecule has 1 N–H and O–H groups in total. The number of nitrogens with one attached hydrogen (secondary N) is 1. The van der Waals surface area contributed by atoms with E-state index in [4.69, 9.17) is 4.74 Å². The first-order chi connectivity index (χ1) is 12.7. The summed E-state index contributed by atoms with van der Waals surface area (Å²) in [5.41, 5.74) is 3.21. The Morgan fingerprint density at radius 1 is 1.15 bits per heavy atom. The number of rotatable bonds is 8. The Balaban J connectivity index is 1.42. The highest BCUT2D eigenvalue weighted by atomic mass is 16.5. The van der Waals surface area contributed by atoms with Gasteiger partial charge in [-0.3, -0.25) is 4.79 Å². The molecule has 0 saturated carbocycles. The molecule has 5 nitrogen and oxygen atoms in total. The van der Waals surface area contributed by atoms with Crippen LogP contribution in [0.4, 0.5) is 0 Å². The zero-order chi connectivity index (χ0) is 18.2. The van der Waals surface area contributed by atoms with E-state index in [9.17, 15) is 4.79 Å². The molecule has 0 aliphatic rings. The standard InChI is InChI=1S/C21H23N3O2/c1-17(19-7-9-20(10-8-19)24-13-12-22-16-24)23-21(25)11-14-26-15-18-5-3-2-4-6-18/h2-10,12-13,16-17H,11,14-15H2,1H3,(H,23,25). The van der Waals surface area contributed by atoms with Crippen LogP contribution in [0.2, 0.25) is 0 Å². The third-order valence-electron chi connectivity index (χ3n) is 4.16. The van der Waals surface area contributed by atoms with Gasteiger partial charge in [-0.1, -0.05) is 42.5 Å². The summed E-state index contributed by atoms with van der Waals surface area (Å²) in [6.45, 7) is 2.92. The number of aromatic nitrogens is 2. The predicted molar refractivity (Wildman–Crippen MR) is 101 cm³/mol. The van der Waals surface area contributed by atoms with E-state index >= 15 is 0 Å². The van der Waals surface area contributed by atoms with Crippen LogP contribution in [0, 0.1) is 0 Å². The zero-order valence-electron chi connectivity index (χ0n) is 14.8. The number of hydrogen-bond acceptors (Lipinski definition) is 3. The molecule has 0 bridgehead atoms. The zero-order valence-corrected chi connectivity index (χ0v) is 14.8. The molecule has 134 valence electrons. The first-order valence-electron chi connectivity index (χ1n) is 8.72. The highest BCUT2D eigenvalue weighted by Crippen LogP contribution is 2.15. The summed E-state index contributed by atoms with van der Waals surface area (Å²) in [5.74, 6) is -0.00996. The summed E-state index contributed by atoms with van der Waals surface area (Å²) in [6.07, 6.45) is 5.76. The second-order valence-electron chi connectivity index (χ2n) is 6.14. The fourth-order valence-corrected chi connectivity index (χ4v) is 2.67. The molecule has 1 aromatic heterocycles. The number of carbonyl (C=O) groups is 1. The van der Waals surface area contributed by atoms with E-state index in [0.717, 1.165) is 16.8 Å². The largest absolute Gasteiger partial charge is 0.376 e. The summed E-state index contributed by atoms with van der Waals surface area (Å²) < 4.78 is 7.51. The molecule has 0 aliphatic heterocycles. The molecule has 1 unspecified atom stereocenters. The van der Waals surface area contributed by atoms with E-state index in [-0.39, 0.29) is 11.9 Å². The minimum Gasteiger partial charge on any atom is -0.376 e. The van der Waals surface area contributed by atoms with Crippen molar-refractivity contribution in [3.05, 3.63) is 84.4 Å². The average molecular weight is 349 g/mol. The number of imidazole rings is 1. The van der Waals surface area contributed by atoms with E-state index in [0.29, 0.717) is 19.6 Å². The molecular weight excluding hydrogens is 326 g/mol. The van der Waals surface area contributed by atoms with Crippen LogP contribution in [-0.4, -0.2) is 22.1 Å². The van der Waals surface area contributed by atoms with Crippen LogP contribution >= 0.6 is 0 Å². The van der Waals surface area contributed by atoms with Gasteiger partial charge in [0.25, 0.3) is 0 Å². The lowest BCUT2D eigenvalue weighted by Crippen LogP contribution is -2.27. The Hall–Kier alpha value is -2.92. The number of ether oxygens (including phenoxy) is 1. The van der Waals surface area contributed by atoms with Crippen molar-refractivity contribution in [3.8, 4) is 5.69 Å². The lowest BCUT2D eigenvalue weighted by Gasteiger charge is -2.15. The van der Waals surface area contributed by atoms with Crippen LogP contribution < -0.4 is 5.32 Å². The minimum absolute atomic E-state index is 0.00996. The van der Waals surface area contributed by atoms with Crippen molar-refractivity contribution in [2.75, 3.05) is 6.61 Å². The normalized spacial score (nSPS) is 11.9. The number of benzene rings is 2. The predicted octanol–water partition coefficient (Wildman–Crippen LogP) is 3.66. The summed E-state index contributed by atoms with van der Waals surface area (Å²) in [7, 11) is 0. The molecule has 0 fully saturated rings. The van der Waals surface area contributed by atoms with Gasteiger partial charge in [0, 0.05) is 24.5 Å². The topological polar surface area (TPSA) is 56.1 Å². The quantitative estimate of drug-likeness (QED) is 0.632. The number of nitrogens with zero attached hydrogens (tertiary/aromatic N) is 2. The van der Waals surface area contributed by atoms with E-state index in [1.54, 1.807) is 12.5 Å². The first-order valence-corrected chi connectivity index (χ1v) is 8.72. The van der Waals surface area contributed by atoms with Gasteiger partial charge in [0.1, 0.15) is 0 Å². The summed E-state index contributed by atoms with van der Waals surface area (Å²) in [5, 5.41) is 3.01. The van der Waals surface area contributed by atoms with Gasteiger partial charge in [0.05, 0.1) is 25.6 Å². The van der Waals surface area contributed by atoms with E-state index in [1.807, 2.05) is 72.3 Å². The molecule has 26 heavy (non-hydrogen) atoms. The van der Waals surface area contributed by atoms with Crippen molar-refractivity contribution >= 4 is 5.91 Å². The maximum Gasteiger partial charge on any atom is 0.222 e. The Kier molecular flexibility index (Phi) is 6.17. The molecular formula is C21H23N3O2. The van der Waals surface area contributed by atoms with Crippen LogP contribution in [0.5, 0.6) is 0 Å². The maximum atomic E-state index is 12.1. The second-order valence-corrected chi connectivity index (χ2v) is 6.14. The highest BCUT2D eigenvalue weighted by molar-refractivity contribution is 5.76. The SMILES string of the molecule is CC(NC(=O)CCOCc1ccccc1)c1ccc(-n2ccnc2)cc1. The molecule has 1 atom stereocenters. The maximum absolute atomic E-state index is 12.1. The Morgan fingerprint density at radius 3 is 2.62 bits per heavy atom. The average Bonchev–Trinajstić information content (AvgIpc) is 3.21. The summed E-state index contributed by atoms with van der Waals surface area (Å²) in [6, 6.07) is 18.0. The summed E-state index contributed by atoms with van der Waals surface area (Å²) >= 11 is 0. The van der Waals surface area contributed by atoms with Gasteiger partial charge in [-0.05, 0) is 30.2 Å². The van der Waals surface area contributed by atoms with Gasteiger partial charge in [-0.2, -0.15) is 0 Å². The first kappa shape index (κ1) is 17.9. The molecule has 0 saturated heterocycles. The molecule has 5 heteroatoms. The number of amides is 1. The van der Waals surface area contributed by atoms with Gasteiger partial charge in [-0.15, -0.1) is 0 Å². The Bertz CT molecular complexity index is 799. The molecule has 0 aliphatic carbocycles. The molecule has 3 rings (SSSR count). The van der Waals surface area contributed by atoms with Crippen LogP contribution in [0.1, 0.15) is 30.5 Å². The fraction of sp³-hybridized carbons (Fsp3) is 0.238. The van der Waals surface area contributed by atoms with Crippen molar-refractivity contribution in [3.63, 3.8) is 0 Å². The van der Waals surface area contributed by atoms with Gasteiger partial charge in [0.2, 0.25) is 5.91 Å². The van der Waals surface area contributed by atoms with Crippen LogP contribution in [-0.2, 0) is 16.1 Å². The Morgan fingerprint density at radius 2 is 1.92 bits per heavy atom. The summed E-state index contributed by atoms with van der Waals surface area (Å²) in [4.78, 5) is 16.1. The van der Waals surface area contributed by atoms with Crippen LogP contribution in [0.15, 0.2) is 73.3 Å². The monoisotopic (exact) mass is 349 g/mol. The Labute approximate surface area is 153 Å². The molecule has 0 spiro atoms. The van der Waals surface area contributed by atoms with Crippen molar-refractivity contribution < 1.29 is 9.53 Å². The third-order valence-corrected chi connectivity index (χ3v) is 4.16. The fourth-order valence-electron chi connectivity index (χ4n) is 2.67. The van der Waals surface area contributed by atoms with Gasteiger partial charge in [-0.25, -0.2) is 4.98 Å². The third kappa shape index (κ3) is 5.04. The minimum atomic E-state index is -0.0477. The lowest BCUT2D eigenvalue weighted by atomic mass is 10.1. The van der Waals surface area contributed by atoms with E-state index in [1.165, 1.54) is 0 Å². The lowest BCUT2D eigenvalue weighted by molar-refractivity contribution is -0.122. The van der Waals surface area contributed by atoms with Gasteiger partial charge >= 0.3 is 0 Å². The molecule has 0 radical (unpaired) electrons. The number of hydrogen-bond donors (Lipinski definition) is 1. The van der Waals surface area contributed by atoms with Crippen molar-refractivity contribution in [2.24, 2.45) is 0 Å². The molecule has 2 aromatic carbocycles. The van der Waals surface area contributed by atoms with Crippen LogP contribution in [0.25, 0.3) is 5.69 Å². The van der Waals surface area contributed by atoms with E-state index in [2.05, 4.69) is 10.3 Å². The van der Waals surface area contributed by atoms with Crippen molar-refractivity contribution in [2.45, 2.75) is 26.0 Å². The van der Waals surface area contributed by atoms with Gasteiger partial charge < -0.3 is 14.6 Å². The molecule has 3 aromatic rings. The van der Waals surface area contributed by atoms with Crippen molar-refractivity contribution in [1.82, 2.24) is 14.9 Å². The van der Waals surface area contributed by atoms with Crippen LogP contribution in [0.3, 0.4) is 0 Å². The molecule has 1 heterocycles. The number of carbonyl (C=O) groups excluding carboxylic acids is 1. The van der Waals surface area contributed by atoms with E-state index < -0.39 is 0 Å². The highest BCUT2D eigenvalue weighted by Gasteiger charge is 2.09. The smallest absolute Gasteiger partial charge is 0.222 e. The molecule has 1 amide bonds.